The summed E-state index contributed by atoms with van der Waals surface area (Å²) in [5, 5.41) is 0. The Kier molecular flexibility index (Phi) is 0.504. The highest BCUT2D eigenvalue weighted by molar-refractivity contribution is 5.82. The first kappa shape index (κ1) is 4.36. The molecule has 2 fully saturated rings. The molecule has 1 saturated carbocycles. The van der Waals surface area contributed by atoms with E-state index < -0.39 is 0 Å². The van der Waals surface area contributed by atoms with Crippen molar-refractivity contribution in [1.29, 1.82) is 0 Å². The summed E-state index contributed by atoms with van der Waals surface area (Å²) < 4.78 is 4.78. The fraction of sp³-hybridized carbons (Fsp3) is 0.833. The van der Waals surface area contributed by atoms with Crippen molar-refractivity contribution >= 4 is 5.97 Å². The number of rotatable bonds is 0. The molecule has 0 radical (unpaired) electrons. The van der Waals surface area contributed by atoms with E-state index >= 15 is 0 Å². The molecular formula is C6H8O2. The van der Waals surface area contributed by atoms with E-state index in [2.05, 4.69) is 0 Å². The quantitative estimate of drug-likeness (QED) is 0.428. The summed E-state index contributed by atoms with van der Waals surface area (Å²) in [5.74, 6) is 0.581. The SMILES string of the molecule is C[C@@]12C[C@@H]1COC2=O. The molecule has 2 aliphatic rings. The van der Waals surface area contributed by atoms with Crippen LogP contribution < -0.4 is 0 Å². The number of hydrogen-bond donors (Lipinski definition) is 0. The zero-order chi connectivity index (χ0) is 5.78. The van der Waals surface area contributed by atoms with Crippen molar-refractivity contribution in [3.05, 3.63) is 0 Å². The van der Waals surface area contributed by atoms with Gasteiger partial charge in [-0.05, 0) is 13.3 Å². The molecule has 8 heavy (non-hydrogen) atoms. The molecule has 0 unspecified atom stereocenters. The molecule has 0 bridgehead atoms. The number of fused-ring (bicyclic) bond motifs is 1. The minimum atomic E-state index is -0.0417. The van der Waals surface area contributed by atoms with Crippen molar-refractivity contribution in [1.82, 2.24) is 0 Å². The van der Waals surface area contributed by atoms with E-state index in [9.17, 15) is 4.79 Å². The molecule has 2 heteroatoms. The predicted molar refractivity (Wildman–Crippen MR) is 27.2 cm³/mol. The lowest BCUT2D eigenvalue weighted by Crippen LogP contribution is -2.08. The number of esters is 1. The topological polar surface area (TPSA) is 26.3 Å². The van der Waals surface area contributed by atoms with Gasteiger partial charge >= 0.3 is 5.97 Å². The van der Waals surface area contributed by atoms with Crippen molar-refractivity contribution in [2.24, 2.45) is 11.3 Å². The van der Waals surface area contributed by atoms with E-state index in [0.717, 1.165) is 6.42 Å². The first-order chi connectivity index (χ1) is 3.73. The smallest absolute Gasteiger partial charge is 0.312 e. The Balaban J connectivity index is 2.31. The molecule has 44 valence electrons. The summed E-state index contributed by atoms with van der Waals surface area (Å²) >= 11 is 0. The highest BCUT2D eigenvalue weighted by Crippen LogP contribution is 2.57. The first-order valence-electron chi connectivity index (χ1n) is 2.91. The Morgan fingerprint density at radius 1 is 1.88 bits per heavy atom. The highest BCUT2D eigenvalue weighted by Gasteiger charge is 2.62. The van der Waals surface area contributed by atoms with Crippen LogP contribution in [0.5, 0.6) is 0 Å². The van der Waals surface area contributed by atoms with Crippen LogP contribution in [0.2, 0.25) is 0 Å². The molecule has 1 aliphatic carbocycles. The van der Waals surface area contributed by atoms with Crippen molar-refractivity contribution in [2.75, 3.05) is 6.61 Å². The third-order valence-electron chi connectivity index (χ3n) is 2.29. The third kappa shape index (κ3) is 0.288. The number of cyclic esters (lactones) is 1. The summed E-state index contributed by atoms with van der Waals surface area (Å²) in [6, 6.07) is 0. The molecule has 0 aromatic carbocycles. The second-order valence-electron chi connectivity index (χ2n) is 2.92. The second-order valence-corrected chi connectivity index (χ2v) is 2.92. The van der Waals surface area contributed by atoms with Gasteiger partial charge in [0.2, 0.25) is 0 Å². The zero-order valence-corrected chi connectivity index (χ0v) is 4.81. The average molecular weight is 112 g/mol. The standard InChI is InChI=1S/C6H8O2/c1-6-2-4(6)3-8-5(6)7/h4H,2-3H2,1H3/t4-,6-/m1/s1. The molecule has 0 aromatic heterocycles. The Hall–Kier alpha value is -0.530. The van der Waals surface area contributed by atoms with Crippen LogP contribution in [-0.4, -0.2) is 12.6 Å². The number of hydrogen-bond acceptors (Lipinski definition) is 2. The molecule has 2 nitrogen and oxygen atoms in total. The largest absolute Gasteiger partial charge is 0.465 e. The minimum absolute atomic E-state index is 0.0162. The van der Waals surface area contributed by atoms with Gasteiger partial charge in [-0.3, -0.25) is 4.79 Å². The van der Waals surface area contributed by atoms with E-state index in [1.54, 1.807) is 0 Å². The summed E-state index contributed by atoms with van der Waals surface area (Å²) in [6.45, 7) is 2.66. The second kappa shape index (κ2) is 0.925. The lowest BCUT2D eigenvalue weighted by atomic mass is 10.1. The fourth-order valence-electron chi connectivity index (χ4n) is 1.29. The first-order valence-corrected chi connectivity index (χ1v) is 2.91. The van der Waals surface area contributed by atoms with Gasteiger partial charge in [-0.25, -0.2) is 0 Å². The molecule has 0 aromatic rings. The zero-order valence-electron chi connectivity index (χ0n) is 4.81. The summed E-state index contributed by atoms with van der Waals surface area (Å²) in [6.07, 6.45) is 1.06. The molecule has 2 atom stereocenters. The van der Waals surface area contributed by atoms with Crippen LogP contribution in [0, 0.1) is 11.3 Å². The average Bonchev–Trinajstić information content (AvgIpc) is 2.31. The monoisotopic (exact) mass is 112 g/mol. The summed E-state index contributed by atoms with van der Waals surface area (Å²) in [4.78, 5) is 10.7. The fourth-order valence-corrected chi connectivity index (χ4v) is 1.29. The van der Waals surface area contributed by atoms with Crippen LogP contribution in [-0.2, 0) is 9.53 Å². The van der Waals surface area contributed by atoms with Crippen LogP contribution >= 0.6 is 0 Å². The molecule has 1 aliphatic heterocycles. The van der Waals surface area contributed by atoms with Crippen LogP contribution in [0.4, 0.5) is 0 Å². The lowest BCUT2D eigenvalue weighted by Gasteiger charge is -1.96. The van der Waals surface area contributed by atoms with Gasteiger partial charge in [-0.2, -0.15) is 0 Å². The van der Waals surface area contributed by atoms with Crippen molar-refractivity contribution < 1.29 is 9.53 Å². The molecule has 2 rings (SSSR count). The van der Waals surface area contributed by atoms with E-state index in [1.807, 2.05) is 6.92 Å². The number of carbonyl (C=O) groups excluding carboxylic acids is 1. The van der Waals surface area contributed by atoms with Gasteiger partial charge in [0.25, 0.3) is 0 Å². The molecule has 0 spiro atoms. The van der Waals surface area contributed by atoms with Gasteiger partial charge in [-0.15, -0.1) is 0 Å². The van der Waals surface area contributed by atoms with Gasteiger partial charge in [0.15, 0.2) is 0 Å². The maximum atomic E-state index is 10.7. The van der Waals surface area contributed by atoms with Crippen LogP contribution in [0.3, 0.4) is 0 Å². The van der Waals surface area contributed by atoms with Crippen molar-refractivity contribution in [2.45, 2.75) is 13.3 Å². The molecule has 1 saturated heterocycles. The Labute approximate surface area is 47.8 Å². The third-order valence-corrected chi connectivity index (χ3v) is 2.29. The van der Waals surface area contributed by atoms with Gasteiger partial charge in [0, 0.05) is 5.92 Å². The van der Waals surface area contributed by atoms with Crippen molar-refractivity contribution in [3.63, 3.8) is 0 Å². The minimum Gasteiger partial charge on any atom is -0.465 e. The van der Waals surface area contributed by atoms with Gasteiger partial charge in [0.1, 0.15) is 0 Å². The van der Waals surface area contributed by atoms with Gasteiger partial charge in [-0.1, -0.05) is 0 Å². The number of ether oxygens (including phenoxy) is 1. The summed E-state index contributed by atoms with van der Waals surface area (Å²) in [7, 11) is 0. The normalized spacial score (nSPS) is 50.6. The van der Waals surface area contributed by atoms with Crippen LogP contribution in [0.25, 0.3) is 0 Å². The van der Waals surface area contributed by atoms with E-state index in [1.165, 1.54) is 0 Å². The van der Waals surface area contributed by atoms with Gasteiger partial charge in [0.05, 0.1) is 12.0 Å². The maximum Gasteiger partial charge on any atom is 0.312 e. The van der Waals surface area contributed by atoms with E-state index in [-0.39, 0.29) is 11.4 Å². The highest BCUT2D eigenvalue weighted by atomic mass is 16.5. The lowest BCUT2D eigenvalue weighted by molar-refractivity contribution is -0.144. The van der Waals surface area contributed by atoms with Crippen LogP contribution in [0.1, 0.15) is 13.3 Å². The molecule has 1 heterocycles. The number of carbonyl (C=O) groups is 1. The Morgan fingerprint density at radius 2 is 2.62 bits per heavy atom. The molecule has 0 N–H and O–H groups in total. The van der Waals surface area contributed by atoms with Crippen molar-refractivity contribution in [3.8, 4) is 0 Å². The Morgan fingerprint density at radius 3 is 2.75 bits per heavy atom. The van der Waals surface area contributed by atoms with E-state index in [4.69, 9.17) is 4.74 Å². The predicted octanol–water partition coefficient (Wildman–Crippen LogP) is 0.569. The van der Waals surface area contributed by atoms with Gasteiger partial charge < -0.3 is 4.74 Å². The maximum absolute atomic E-state index is 10.7. The van der Waals surface area contributed by atoms with E-state index in [0.29, 0.717) is 12.5 Å². The Bertz CT molecular complexity index is 151. The van der Waals surface area contributed by atoms with Crippen LogP contribution in [0.15, 0.2) is 0 Å². The molecule has 0 amide bonds. The summed E-state index contributed by atoms with van der Waals surface area (Å²) in [5.41, 5.74) is -0.0417. The molecular weight excluding hydrogens is 104 g/mol.